The lowest BCUT2D eigenvalue weighted by atomic mass is 9.82. The topological polar surface area (TPSA) is 134 Å². The highest BCUT2D eigenvalue weighted by molar-refractivity contribution is 6.05. The van der Waals surface area contributed by atoms with Gasteiger partial charge in [0.15, 0.2) is 0 Å². The van der Waals surface area contributed by atoms with Crippen LogP contribution in [-0.2, 0) is 0 Å². The van der Waals surface area contributed by atoms with E-state index in [1.165, 1.54) is 0 Å². The largest absolute Gasteiger partial charge is 0.394 e. The van der Waals surface area contributed by atoms with Crippen molar-refractivity contribution in [2.24, 2.45) is 11.7 Å². The first kappa shape index (κ1) is 19.8. The van der Waals surface area contributed by atoms with E-state index in [4.69, 9.17) is 16.1 Å². The predicted molar refractivity (Wildman–Crippen MR) is 114 cm³/mol. The minimum Gasteiger partial charge on any atom is -0.394 e. The summed E-state index contributed by atoms with van der Waals surface area (Å²) in [7, 11) is 1.78. The molecule has 1 atom stereocenters. The smallest absolute Gasteiger partial charge is 0.141 e. The second-order valence-corrected chi connectivity index (χ2v) is 7.63. The third kappa shape index (κ3) is 3.82. The molecule has 4 N–H and O–H groups in total. The van der Waals surface area contributed by atoms with E-state index in [1.807, 2.05) is 12.3 Å². The van der Waals surface area contributed by atoms with Crippen LogP contribution in [0.4, 0.5) is 0 Å². The van der Waals surface area contributed by atoms with E-state index in [0.29, 0.717) is 11.4 Å². The van der Waals surface area contributed by atoms with Gasteiger partial charge in [-0.2, -0.15) is 15.5 Å². The number of hydrogen-bond donors (Lipinski definition) is 3. The maximum atomic E-state index is 9.80. The molecule has 1 saturated carbocycles. The fourth-order valence-corrected chi connectivity index (χ4v) is 3.98. The summed E-state index contributed by atoms with van der Waals surface area (Å²) in [6.07, 6.45) is 14.1. The van der Waals surface area contributed by atoms with E-state index in [1.54, 1.807) is 47.1 Å². The molecule has 0 saturated heterocycles. The Morgan fingerprint density at radius 1 is 1.33 bits per heavy atom. The van der Waals surface area contributed by atoms with Crippen molar-refractivity contribution in [2.75, 3.05) is 7.05 Å². The molecule has 0 bridgehead atoms. The van der Waals surface area contributed by atoms with E-state index in [2.05, 4.69) is 21.6 Å². The Labute approximate surface area is 174 Å². The second-order valence-electron chi connectivity index (χ2n) is 7.63. The van der Waals surface area contributed by atoms with Gasteiger partial charge in [0.1, 0.15) is 11.7 Å². The molecule has 9 nitrogen and oxygen atoms in total. The van der Waals surface area contributed by atoms with Crippen LogP contribution in [0.5, 0.6) is 0 Å². The van der Waals surface area contributed by atoms with Gasteiger partial charge in [-0.05, 0) is 49.9 Å². The van der Waals surface area contributed by atoms with Crippen LogP contribution in [0, 0.1) is 22.7 Å². The number of fused-ring (bicyclic) bond motifs is 1. The molecule has 4 rings (SSSR count). The molecule has 1 aliphatic carbocycles. The lowest BCUT2D eigenvalue weighted by Gasteiger charge is -2.29. The molecule has 1 unspecified atom stereocenters. The summed E-state index contributed by atoms with van der Waals surface area (Å²) >= 11 is 0. The van der Waals surface area contributed by atoms with Gasteiger partial charge in [-0.3, -0.25) is 10.1 Å². The molecule has 3 aromatic heterocycles. The molecule has 3 heterocycles. The Morgan fingerprint density at radius 2 is 2.13 bits per heavy atom. The highest BCUT2D eigenvalue weighted by Crippen LogP contribution is 2.33. The van der Waals surface area contributed by atoms with Gasteiger partial charge in [0, 0.05) is 24.8 Å². The van der Waals surface area contributed by atoms with Gasteiger partial charge in [0.05, 0.1) is 41.6 Å². The van der Waals surface area contributed by atoms with Crippen molar-refractivity contribution < 1.29 is 0 Å². The van der Waals surface area contributed by atoms with Crippen LogP contribution in [0.15, 0.2) is 43.1 Å². The van der Waals surface area contributed by atoms with Crippen LogP contribution in [0.3, 0.4) is 0 Å². The summed E-state index contributed by atoms with van der Waals surface area (Å²) in [5, 5.41) is 29.8. The summed E-state index contributed by atoms with van der Waals surface area (Å²) in [5.41, 5.74) is 9.08. The van der Waals surface area contributed by atoms with E-state index in [0.717, 1.165) is 36.8 Å². The number of nitrogens with two attached hydrogens (primary N) is 1. The first-order valence-electron chi connectivity index (χ1n) is 10.1. The van der Waals surface area contributed by atoms with Gasteiger partial charge in [-0.1, -0.05) is 0 Å². The monoisotopic (exact) mass is 403 g/mol. The van der Waals surface area contributed by atoms with Crippen molar-refractivity contribution in [1.29, 1.82) is 10.7 Å². The van der Waals surface area contributed by atoms with Crippen molar-refractivity contribution in [3.63, 3.8) is 0 Å². The SMILES string of the molecule is CN/C=C\C(=N)c1cn2nccc2c(-c2cnn(C(C#N)[C@H]3CC[C@@H](N)CC3)c2)n1. The molecule has 1 aliphatic rings. The summed E-state index contributed by atoms with van der Waals surface area (Å²) < 4.78 is 3.45. The zero-order valence-electron chi connectivity index (χ0n) is 16.9. The average Bonchev–Trinajstić information content (AvgIpc) is 3.43. The van der Waals surface area contributed by atoms with Crippen LogP contribution in [0.25, 0.3) is 16.8 Å². The van der Waals surface area contributed by atoms with E-state index in [-0.39, 0.29) is 23.7 Å². The number of allylic oxidation sites excluding steroid dienone is 1. The molecule has 154 valence electrons. The molecule has 0 aromatic carbocycles. The number of rotatable bonds is 6. The lowest BCUT2D eigenvalue weighted by molar-refractivity contribution is 0.259. The second kappa shape index (κ2) is 8.47. The lowest BCUT2D eigenvalue weighted by Crippen LogP contribution is -2.30. The summed E-state index contributed by atoms with van der Waals surface area (Å²) in [6, 6.07) is 4.21. The number of nitrogens with one attached hydrogen (secondary N) is 2. The van der Waals surface area contributed by atoms with Crippen LogP contribution < -0.4 is 11.1 Å². The fraction of sp³-hybridized carbons (Fsp3) is 0.381. The minimum absolute atomic E-state index is 0.239. The summed E-state index contributed by atoms with van der Waals surface area (Å²) in [4.78, 5) is 4.70. The normalized spacial score (nSPS) is 20.3. The minimum atomic E-state index is -0.327. The van der Waals surface area contributed by atoms with E-state index in [9.17, 15) is 5.26 Å². The third-order valence-corrected chi connectivity index (χ3v) is 5.64. The molecule has 0 aliphatic heterocycles. The molecular weight excluding hydrogens is 378 g/mol. The van der Waals surface area contributed by atoms with Crippen molar-refractivity contribution in [2.45, 2.75) is 37.8 Å². The van der Waals surface area contributed by atoms with Gasteiger partial charge in [0.25, 0.3) is 0 Å². The molecule has 3 aromatic rings. The molecule has 0 amide bonds. The van der Waals surface area contributed by atoms with Crippen molar-refractivity contribution in [1.82, 2.24) is 29.7 Å². The predicted octanol–water partition coefficient (Wildman–Crippen LogP) is 2.28. The van der Waals surface area contributed by atoms with Gasteiger partial charge >= 0.3 is 0 Å². The number of nitriles is 1. The Hall–Kier alpha value is -3.51. The zero-order chi connectivity index (χ0) is 21.1. The first-order chi connectivity index (χ1) is 14.6. The zero-order valence-corrected chi connectivity index (χ0v) is 16.9. The highest BCUT2D eigenvalue weighted by Gasteiger charge is 2.28. The Morgan fingerprint density at radius 3 is 2.87 bits per heavy atom. The van der Waals surface area contributed by atoms with Crippen LogP contribution >= 0.6 is 0 Å². The number of aromatic nitrogens is 5. The first-order valence-corrected chi connectivity index (χ1v) is 10.1. The Bertz CT molecular complexity index is 1110. The van der Waals surface area contributed by atoms with Gasteiger partial charge in [-0.25, -0.2) is 9.50 Å². The highest BCUT2D eigenvalue weighted by atomic mass is 15.3. The quantitative estimate of drug-likeness (QED) is 0.541. The van der Waals surface area contributed by atoms with E-state index >= 15 is 0 Å². The molecular formula is C21H25N9. The van der Waals surface area contributed by atoms with Gasteiger partial charge in [-0.15, -0.1) is 0 Å². The molecule has 9 heteroatoms. The molecule has 0 spiro atoms. The third-order valence-electron chi connectivity index (χ3n) is 5.64. The molecule has 0 radical (unpaired) electrons. The standard InChI is InChI=1S/C21H25N9/c1-25-8-6-17(24)18-13-30-19(7-9-26-30)21(28-18)15-11-27-29(12-15)20(10-22)14-2-4-16(23)5-3-14/h6-9,11-14,16,20,24-25H,2-5,23H2,1H3/b8-6-,24-17?/t14-,16+,20?. The van der Waals surface area contributed by atoms with Crippen molar-refractivity contribution in [3.8, 4) is 17.3 Å². The van der Waals surface area contributed by atoms with Crippen molar-refractivity contribution in [3.05, 3.63) is 48.8 Å². The fourth-order valence-electron chi connectivity index (χ4n) is 3.98. The van der Waals surface area contributed by atoms with Crippen LogP contribution in [-0.4, -0.2) is 43.2 Å². The van der Waals surface area contributed by atoms with Crippen molar-refractivity contribution >= 4 is 11.2 Å². The number of nitrogens with zero attached hydrogens (tertiary/aromatic N) is 6. The maximum absolute atomic E-state index is 9.80. The summed E-state index contributed by atoms with van der Waals surface area (Å²) in [6.45, 7) is 0. The van der Waals surface area contributed by atoms with Crippen LogP contribution in [0.1, 0.15) is 37.4 Å². The van der Waals surface area contributed by atoms with E-state index < -0.39 is 0 Å². The summed E-state index contributed by atoms with van der Waals surface area (Å²) in [5.74, 6) is 0.247. The Balaban J connectivity index is 1.69. The van der Waals surface area contributed by atoms with Gasteiger partial charge < -0.3 is 11.1 Å². The molecule has 30 heavy (non-hydrogen) atoms. The van der Waals surface area contributed by atoms with Gasteiger partial charge in [0.2, 0.25) is 0 Å². The average molecular weight is 403 g/mol. The number of hydrogen-bond acceptors (Lipinski definition) is 7. The Kier molecular flexibility index (Phi) is 5.59. The molecule has 1 fully saturated rings. The maximum Gasteiger partial charge on any atom is 0.141 e. The van der Waals surface area contributed by atoms with Crippen LogP contribution in [0.2, 0.25) is 0 Å².